The van der Waals surface area contributed by atoms with Crippen molar-refractivity contribution in [3.05, 3.63) is 54.5 Å². The second-order valence-electron chi connectivity index (χ2n) is 5.83. The van der Waals surface area contributed by atoms with Gasteiger partial charge in [0.05, 0.1) is 19.9 Å². The van der Waals surface area contributed by atoms with Crippen LogP contribution in [0.15, 0.2) is 48.9 Å². The summed E-state index contributed by atoms with van der Waals surface area (Å²) in [6, 6.07) is 8.71. The molecule has 27 heavy (non-hydrogen) atoms. The summed E-state index contributed by atoms with van der Waals surface area (Å²) in [5, 5.41) is 9.74. The Balaban J connectivity index is 1.64. The van der Waals surface area contributed by atoms with Gasteiger partial charge >= 0.3 is 6.03 Å². The quantitative estimate of drug-likeness (QED) is 0.699. The van der Waals surface area contributed by atoms with Crippen molar-refractivity contribution in [3.63, 3.8) is 0 Å². The van der Waals surface area contributed by atoms with Crippen LogP contribution in [0.5, 0.6) is 11.5 Å². The number of ether oxygens (including phenoxy) is 2. The smallest absolute Gasteiger partial charge is 0.319 e. The number of urea groups is 1. The van der Waals surface area contributed by atoms with Crippen molar-refractivity contribution in [1.29, 1.82) is 0 Å². The van der Waals surface area contributed by atoms with E-state index in [9.17, 15) is 4.79 Å². The normalized spacial score (nSPS) is 10.3. The van der Waals surface area contributed by atoms with Crippen molar-refractivity contribution in [3.8, 4) is 22.8 Å². The standard InChI is InChI=1S/C19H21N5O3/c1-24-18(4-5-22-24)14-6-13(10-20-12-14)11-21-19(25)23-15-7-16(26-2)9-17(8-15)27-3/h4-10,12H,11H2,1-3H3,(H2,21,23,25). The highest BCUT2D eigenvalue weighted by atomic mass is 16.5. The Bertz CT molecular complexity index is 916. The largest absolute Gasteiger partial charge is 0.497 e. The second-order valence-corrected chi connectivity index (χ2v) is 5.83. The van der Waals surface area contributed by atoms with Gasteiger partial charge in [-0.3, -0.25) is 9.67 Å². The molecule has 2 N–H and O–H groups in total. The minimum atomic E-state index is -0.337. The maximum absolute atomic E-state index is 12.2. The summed E-state index contributed by atoms with van der Waals surface area (Å²) < 4.78 is 12.2. The first-order valence-electron chi connectivity index (χ1n) is 8.29. The van der Waals surface area contributed by atoms with E-state index < -0.39 is 0 Å². The van der Waals surface area contributed by atoms with E-state index in [-0.39, 0.29) is 6.03 Å². The predicted octanol–water partition coefficient (Wildman–Crippen LogP) is 2.82. The van der Waals surface area contributed by atoms with Gasteiger partial charge in [0.2, 0.25) is 0 Å². The third kappa shape index (κ3) is 4.55. The molecule has 3 rings (SSSR count). The lowest BCUT2D eigenvalue weighted by molar-refractivity contribution is 0.251. The number of pyridine rings is 1. The molecule has 0 saturated carbocycles. The first kappa shape index (κ1) is 18.2. The van der Waals surface area contributed by atoms with E-state index in [1.54, 1.807) is 55.7 Å². The number of benzene rings is 1. The van der Waals surface area contributed by atoms with Gasteiger partial charge in [-0.2, -0.15) is 5.10 Å². The number of carbonyl (C=O) groups is 1. The van der Waals surface area contributed by atoms with E-state index in [0.717, 1.165) is 16.8 Å². The number of rotatable bonds is 6. The number of nitrogens with one attached hydrogen (secondary N) is 2. The van der Waals surface area contributed by atoms with Crippen molar-refractivity contribution in [2.75, 3.05) is 19.5 Å². The molecule has 140 valence electrons. The van der Waals surface area contributed by atoms with E-state index in [1.165, 1.54) is 0 Å². The lowest BCUT2D eigenvalue weighted by Crippen LogP contribution is -2.28. The van der Waals surface area contributed by atoms with Gasteiger partial charge in [0.1, 0.15) is 11.5 Å². The average molecular weight is 367 g/mol. The maximum atomic E-state index is 12.2. The lowest BCUT2D eigenvalue weighted by Gasteiger charge is -2.11. The molecule has 0 bridgehead atoms. The highest BCUT2D eigenvalue weighted by molar-refractivity contribution is 5.89. The predicted molar refractivity (Wildman–Crippen MR) is 102 cm³/mol. The van der Waals surface area contributed by atoms with Gasteiger partial charge in [0.25, 0.3) is 0 Å². The van der Waals surface area contributed by atoms with Gasteiger partial charge in [-0.25, -0.2) is 4.79 Å². The van der Waals surface area contributed by atoms with Crippen LogP contribution in [0.2, 0.25) is 0 Å². The number of hydrogen-bond donors (Lipinski definition) is 2. The number of nitrogens with zero attached hydrogens (tertiary/aromatic N) is 3. The summed E-state index contributed by atoms with van der Waals surface area (Å²) in [6.07, 6.45) is 5.22. The number of amides is 2. The first-order valence-corrected chi connectivity index (χ1v) is 8.29. The first-order chi connectivity index (χ1) is 13.1. The zero-order valence-electron chi connectivity index (χ0n) is 15.4. The number of carbonyl (C=O) groups excluding carboxylic acids is 1. The van der Waals surface area contributed by atoms with Crippen LogP contribution < -0.4 is 20.1 Å². The molecule has 1 aromatic carbocycles. The highest BCUT2D eigenvalue weighted by Gasteiger charge is 2.08. The number of aromatic nitrogens is 3. The molecular formula is C19H21N5O3. The van der Waals surface area contributed by atoms with Gasteiger partial charge in [-0.1, -0.05) is 0 Å². The molecular weight excluding hydrogens is 346 g/mol. The Kier molecular flexibility index (Phi) is 5.55. The zero-order valence-corrected chi connectivity index (χ0v) is 15.4. The minimum absolute atomic E-state index is 0.337. The van der Waals surface area contributed by atoms with Crippen molar-refractivity contribution < 1.29 is 14.3 Å². The molecule has 3 aromatic rings. The monoisotopic (exact) mass is 367 g/mol. The molecule has 8 nitrogen and oxygen atoms in total. The van der Waals surface area contributed by atoms with E-state index >= 15 is 0 Å². The van der Waals surface area contributed by atoms with Gasteiger partial charge in [-0.05, 0) is 17.7 Å². The summed E-state index contributed by atoms with van der Waals surface area (Å²) in [5.74, 6) is 1.19. The van der Waals surface area contributed by atoms with E-state index in [0.29, 0.717) is 23.7 Å². The molecule has 2 amide bonds. The summed E-state index contributed by atoms with van der Waals surface area (Å²) >= 11 is 0. The van der Waals surface area contributed by atoms with E-state index in [1.807, 2.05) is 19.2 Å². The Morgan fingerprint density at radius 3 is 2.48 bits per heavy atom. The number of anilines is 1. The van der Waals surface area contributed by atoms with Crippen LogP contribution in [0.3, 0.4) is 0 Å². The van der Waals surface area contributed by atoms with Crippen molar-refractivity contribution in [2.24, 2.45) is 7.05 Å². The molecule has 0 radical (unpaired) electrons. The molecule has 2 aromatic heterocycles. The summed E-state index contributed by atoms with van der Waals surface area (Å²) in [7, 11) is 4.98. The third-order valence-corrected chi connectivity index (χ3v) is 3.97. The van der Waals surface area contributed by atoms with Crippen LogP contribution in [0.4, 0.5) is 10.5 Å². The van der Waals surface area contributed by atoms with E-state index in [4.69, 9.17) is 9.47 Å². The second kappa shape index (κ2) is 8.22. The fourth-order valence-electron chi connectivity index (χ4n) is 2.62. The number of hydrogen-bond acceptors (Lipinski definition) is 5. The van der Waals surface area contributed by atoms with E-state index in [2.05, 4.69) is 20.7 Å². The highest BCUT2D eigenvalue weighted by Crippen LogP contribution is 2.25. The van der Waals surface area contributed by atoms with Crippen LogP contribution in [-0.4, -0.2) is 35.0 Å². The molecule has 0 aliphatic rings. The molecule has 0 atom stereocenters. The fourth-order valence-corrected chi connectivity index (χ4v) is 2.62. The Hall–Kier alpha value is -3.55. The van der Waals surface area contributed by atoms with Crippen molar-refractivity contribution in [2.45, 2.75) is 6.54 Å². The fraction of sp³-hybridized carbons (Fsp3) is 0.211. The van der Waals surface area contributed by atoms with Crippen LogP contribution in [0, 0.1) is 0 Å². The molecule has 0 aliphatic heterocycles. The van der Waals surface area contributed by atoms with Gasteiger partial charge in [0.15, 0.2) is 0 Å². The van der Waals surface area contributed by atoms with Crippen LogP contribution in [-0.2, 0) is 13.6 Å². The SMILES string of the molecule is COc1cc(NC(=O)NCc2cncc(-c3ccnn3C)c2)cc(OC)c1. The lowest BCUT2D eigenvalue weighted by atomic mass is 10.1. The van der Waals surface area contributed by atoms with Crippen LogP contribution in [0.25, 0.3) is 11.3 Å². The van der Waals surface area contributed by atoms with Crippen molar-refractivity contribution >= 4 is 11.7 Å². The molecule has 8 heteroatoms. The number of aryl methyl sites for hydroxylation is 1. The molecule has 0 saturated heterocycles. The zero-order chi connectivity index (χ0) is 19.2. The maximum Gasteiger partial charge on any atom is 0.319 e. The summed E-state index contributed by atoms with van der Waals surface area (Å²) in [4.78, 5) is 16.5. The van der Waals surface area contributed by atoms with Gasteiger partial charge in [-0.15, -0.1) is 0 Å². The molecule has 0 unspecified atom stereocenters. The van der Waals surface area contributed by atoms with Gasteiger partial charge < -0.3 is 20.1 Å². The van der Waals surface area contributed by atoms with Crippen LogP contribution >= 0.6 is 0 Å². The summed E-state index contributed by atoms with van der Waals surface area (Å²) in [5.41, 5.74) is 3.35. The Morgan fingerprint density at radius 1 is 1.11 bits per heavy atom. The Morgan fingerprint density at radius 2 is 1.85 bits per heavy atom. The number of methoxy groups -OCH3 is 2. The summed E-state index contributed by atoms with van der Waals surface area (Å²) in [6.45, 7) is 0.339. The topological polar surface area (TPSA) is 90.3 Å². The average Bonchev–Trinajstić information content (AvgIpc) is 3.12. The minimum Gasteiger partial charge on any atom is -0.497 e. The molecule has 0 aliphatic carbocycles. The Labute approximate surface area is 157 Å². The van der Waals surface area contributed by atoms with Crippen LogP contribution in [0.1, 0.15) is 5.56 Å². The van der Waals surface area contributed by atoms with Gasteiger partial charge in [0, 0.05) is 61.6 Å². The third-order valence-electron chi connectivity index (χ3n) is 3.97. The molecule has 2 heterocycles. The molecule has 0 spiro atoms. The van der Waals surface area contributed by atoms with Crippen molar-refractivity contribution in [1.82, 2.24) is 20.1 Å². The molecule has 0 fully saturated rings.